The Hall–Kier alpha value is -0.930. The molecule has 1 aliphatic rings. The molecular weight excluding hydrogens is 224 g/mol. The van der Waals surface area contributed by atoms with Crippen molar-refractivity contribution in [2.75, 3.05) is 6.54 Å². The summed E-state index contributed by atoms with van der Waals surface area (Å²) < 4.78 is 0. The van der Waals surface area contributed by atoms with E-state index in [0.717, 1.165) is 5.56 Å². The smallest absolute Gasteiger partial charge is 0.0915 e. The van der Waals surface area contributed by atoms with E-state index in [4.69, 9.17) is 0 Å². The molecule has 3 atom stereocenters. The second-order valence-electron chi connectivity index (χ2n) is 5.62. The van der Waals surface area contributed by atoms with Crippen molar-refractivity contribution < 1.29 is 5.11 Å². The standard InChI is InChI=1S/C15H24N2O/c1-11-4-3-5-12(2)15(11)17-10-14(18)13-6-8-16-9-7-13/h6-9,11-12,14-15,17-18H,3-5,10H2,1-2H3. The first-order chi connectivity index (χ1) is 8.68. The number of nitrogens with zero attached hydrogens (tertiary/aromatic N) is 1. The Morgan fingerprint density at radius 1 is 1.28 bits per heavy atom. The maximum Gasteiger partial charge on any atom is 0.0915 e. The summed E-state index contributed by atoms with van der Waals surface area (Å²) in [7, 11) is 0. The van der Waals surface area contributed by atoms with Crippen LogP contribution in [0.4, 0.5) is 0 Å². The van der Waals surface area contributed by atoms with Gasteiger partial charge >= 0.3 is 0 Å². The van der Waals surface area contributed by atoms with Crippen LogP contribution in [0.1, 0.15) is 44.8 Å². The van der Waals surface area contributed by atoms with Gasteiger partial charge in [-0.1, -0.05) is 20.3 Å². The Morgan fingerprint density at radius 3 is 2.50 bits per heavy atom. The molecule has 1 fully saturated rings. The lowest BCUT2D eigenvalue weighted by Crippen LogP contribution is -2.44. The first-order valence-electron chi connectivity index (χ1n) is 7.00. The van der Waals surface area contributed by atoms with E-state index in [1.54, 1.807) is 12.4 Å². The Labute approximate surface area is 110 Å². The number of aromatic nitrogens is 1. The molecule has 1 saturated carbocycles. The molecular formula is C15H24N2O. The second-order valence-corrected chi connectivity index (χ2v) is 5.62. The van der Waals surface area contributed by atoms with Gasteiger partial charge in [-0.3, -0.25) is 4.98 Å². The summed E-state index contributed by atoms with van der Waals surface area (Å²) in [4.78, 5) is 3.97. The van der Waals surface area contributed by atoms with Crippen molar-refractivity contribution in [3.05, 3.63) is 30.1 Å². The third-order valence-electron chi connectivity index (χ3n) is 4.18. The molecule has 3 unspecified atom stereocenters. The minimum absolute atomic E-state index is 0.436. The Bertz CT molecular complexity index is 345. The molecule has 1 aromatic heterocycles. The van der Waals surface area contributed by atoms with Crippen molar-refractivity contribution in [2.45, 2.75) is 45.3 Å². The molecule has 0 radical (unpaired) electrons. The van der Waals surface area contributed by atoms with Gasteiger partial charge in [0.05, 0.1) is 6.10 Å². The number of aliphatic hydroxyl groups is 1. The fourth-order valence-electron chi connectivity index (χ4n) is 3.04. The second kappa shape index (κ2) is 6.30. The normalized spacial score (nSPS) is 30.1. The van der Waals surface area contributed by atoms with E-state index in [1.807, 2.05) is 12.1 Å². The van der Waals surface area contributed by atoms with Crippen LogP contribution in [0, 0.1) is 11.8 Å². The molecule has 1 aliphatic carbocycles. The number of hydrogen-bond donors (Lipinski definition) is 2. The zero-order valence-corrected chi connectivity index (χ0v) is 11.3. The molecule has 0 saturated heterocycles. The fraction of sp³-hybridized carbons (Fsp3) is 0.667. The predicted molar refractivity (Wildman–Crippen MR) is 73.2 cm³/mol. The van der Waals surface area contributed by atoms with Crippen molar-refractivity contribution >= 4 is 0 Å². The fourth-order valence-corrected chi connectivity index (χ4v) is 3.04. The molecule has 3 nitrogen and oxygen atoms in total. The quantitative estimate of drug-likeness (QED) is 0.860. The molecule has 2 N–H and O–H groups in total. The van der Waals surface area contributed by atoms with Crippen LogP contribution in [0.15, 0.2) is 24.5 Å². The lowest BCUT2D eigenvalue weighted by Gasteiger charge is -2.35. The predicted octanol–water partition coefficient (Wildman–Crippen LogP) is 2.53. The van der Waals surface area contributed by atoms with Gasteiger partial charge in [-0.15, -0.1) is 0 Å². The Balaban J connectivity index is 1.87. The maximum atomic E-state index is 10.1. The van der Waals surface area contributed by atoms with Crippen molar-refractivity contribution in [1.29, 1.82) is 0 Å². The molecule has 1 heterocycles. The van der Waals surface area contributed by atoms with Crippen LogP contribution in [-0.2, 0) is 0 Å². The minimum Gasteiger partial charge on any atom is -0.387 e. The molecule has 1 aromatic rings. The third-order valence-corrected chi connectivity index (χ3v) is 4.18. The zero-order chi connectivity index (χ0) is 13.0. The maximum absolute atomic E-state index is 10.1. The van der Waals surface area contributed by atoms with Gasteiger partial charge in [0.2, 0.25) is 0 Å². The molecule has 3 heteroatoms. The zero-order valence-electron chi connectivity index (χ0n) is 11.3. The van der Waals surface area contributed by atoms with Crippen molar-refractivity contribution in [3.8, 4) is 0 Å². The van der Waals surface area contributed by atoms with Crippen molar-refractivity contribution in [1.82, 2.24) is 10.3 Å². The van der Waals surface area contributed by atoms with Gasteiger partial charge in [0.15, 0.2) is 0 Å². The van der Waals surface area contributed by atoms with Gasteiger partial charge < -0.3 is 10.4 Å². The van der Waals surface area contributed by atoms with Crippen molar-refractivity contribution in [3.63, 3.8) is 0 Å². The highest BCUT2D eigenvalue weighted by atomic mass is 16.3. The first kappa shape index (κ1) is 13.5. The summed E-state index contributed by atoms with van der Waals surface area (Å²) in [5, 5.41) is 13.7. The number of hydrogen-bond acceptors (Lipinski definition) is 3. The van der Waals surface area contributed by atoms with Crippen LogP contribution in [0.2, 0.25) is 0 Å². The van der Waals surface area contributed by atoms with E-state index >= 15 is 0 Å². The summed E-state index contributed by atoms with van der Waals surface area (Å²) in [6.45, 7) is 5.25. The number of aliphatic hydroxyl groups excluding tert-OH is 1. The van der Waals surface area contributed by atoms with E-state index in [2.05, 4.69) is 24.1 Å². The Morgan fingerprint density at radius 2 is 1.89 bits per heavy atom. The summed E-state index contributed by atoms with van der Waals surface area (Å²) in [6.07, 6.45) is 6.96. The van der Waals surface area contributed by atoms with Crippen LogP contribution in [0.25, 0.3) is 0 Å². The largest absolute Gasteiger partial charge is 0.387 e. The lowest BCUT2D eigenvalue weighted by molar-refractivity contribution is 0.142. The average molecular weight is 248 g/mol. The highest BCUT2D eigenvalue weighted by Gasteiger charge is 2.27. The lowest BCUT2D eigenvalue weighted by atomic mass is 9.78. The third kappa shape index (κ3) is 3.30. The molecule has 0 spiro atoms. The van der Waals surface area contributed by atoms with Gasteiger partial charge in [0, 0.05) is 25.0 Å². The summed E-state index contributed by atoms with van der Waals surface area (Å²) in [5.41, 5.74) is 0.939. The molecule has 2 rings (SSSR count). The van der Waals surface area contributed by atoms with E-state index in [9.17, 15) is 5.11 Å². The SMILES string of the molecule is CC1CCCC(C)C1NCC(O)c1ccncc1. The highest BCUT2D eigenvalue weighted by molar-refractivity contribution is 5.13. The van der Waals surface area contributed by atoms with Gasteiger partial charge in [0.1, 0.15) is 0 Å². The van der Waals surface area contributed by atoms with Gasteiger partial charge in [-0.2, -0.15) is 0 Å². The van der Waals surface area contributed by atoms with E-state index in [1.165, 1.54) is 19.3 Å². The highest BCUT2D eigenvalue weighted by Crippen LogP contribution is 2.29. The van der Waals surface area contributed by atoms with E-state index < -0.39 is 6.10 Å². The first-order valence-corrected chi connectivity index (χ1v) is 7.00. The molecule has 0 amide bonds. The van der Waals surface area contributed by atoms with Gasteiger partial charge in [-0.05, 0) is 42.4 Å². The molecule has 0 bridgehead atoms. The Kier molecular flexibility index (Phi) is 4.72. The van der Waals surface area contributed by atoms with E-state index in [-0.39, 0.29) is 0 Å². The van der Waals surface area contributed by atoms with E-state index in [0.29, 0.717) is 24.4 Å². The molecule has 18 heavy (non-hydrogen) atoms. The van der Waals surface area contributed by atoms with Crippen LogP contribution in [-0.4, -0.2) is 22.7 Å². The monoisotopic (exact) mass is 248 g/mol. The molecule has 0 aromatic carbocycles. The number of nitrogens with one attached hydrogen (secondary N) is 1. The number of pyridine rings is 1. The van der Waals surface area contributed by atoms with Crippen LogP contribution in [0.5, 0.6) is 0 Å². The van der Waals surface area contributed by atoms with Crippen LogP contribution in [0.3, 0.4) is 0 Å². The minimum atomic E-state index is -0.436. The number of rotatable bonds is 4. The summed E-state index contributed by atoms with van der Waals surface area (Å²) in [6, 6.07) is 4.29. The average Bonchev–Trinajstić information content (AvgIpc) is 2.39. The van der Waals surface area contributed by atoms with Crippen molar-refractivity contribution in [2.24, 2.45) is 11.8 Å². The molecule has 0 aliphatic heterocycles. The summed E-state index contributed by atoms with van der Waals surface area (Å²) >= 11 is 0. The molecule has 100 valence electrons. The van der Waals surface area contributed by atoms with Gasteiger partial charge in [-0.25, -0.2) is 0 Å². The van der Waals surface area contributed by atoms with Crippen LogP contribution < -0.4 is 5.32 Å². The summed E-state index contributed by atoms with van der Waals surface area (Å²) in [5.74, 6) is 1.41. The van der Waals surface area contributed by atoms with Gasteiger partial charge in [0.25, 0.3) is 0 Å². The topological polar surface area (TPSA) is 45.1 Å². The van der Waals surface area contributed by atoms with Crippen LogP contribution >= 0.6 is 0 Å².